The van der Waals surface area contributed by atoms with Crippen LogP contribution in [0.5, 0.6) is 0 Å². The molecule has 0 bridgehead atoms. The van der Waals surface area contributed by atoms with Crippen molar-refractivity contribution in [1.29, 1.82) is 0 Å². The number of nitrogens with two attached hydrogens (primary N) is 1. The lowest BCUT2D eigenvalue weighted by molar-refractivity contribution is 0.570. The molecule has 2 rings (SSSR count). The molecule has 0 aliphatic rings. The van der Waals surface area contributed by atoms with Gasteiger partial charge in [-0.25, -0.2) is 17.8 Å². The number of hydrogen-bond acceptors (Lipinski definition) is 6. The van der Waals surface area contributed by atoms with Crippen molar-refractivity contribution in [3.05, 3.63) is 34.8 Å². The molecule has 0 unspecified atom stereocenters. The van der Waals surface area contributed by atoms with Gasteiger partial charge in [0.25, 0.3) is 10.0 Å². The van der Waals surface area contributed by atoms with Crippen molar-refractivity contribution in [3.63, 3.8) is 0 Å². The largest absolute Gasteiger partial charge is 0.383 e. The molecule has 1 aromatic heterocycles. The van der Waals surface area contributed by atoms with E-state index in [0.29, 0.717) is 29.1 Å². The van der Waals surface area contributed by atoms with E-state index in [0.717, 1.165) is 18.3 Å². The molecule has 6 nitrogen and oxygen atoms in total. The Bertz CT molecular complexity index is 914. The zero-order valence-corrected chi connectivity index (χ0v) is 18.3. The molecule has 1 atom stereocenters. The van der Waals surface area contributed by atoms with Crippen molar-refractivity contribution in [2.45, 2.75) is 43.5 Å². The Morgan fingerprint density at radius 3 is 2.52 bits per heavy atom. The minimum atomic E-state index is -4.22. The maximum atomic E-state index is 14.5. The first kappa shape index (κ1) is 21.7. The SMILES string of the molecule is Cc1cc(S(=O)(=O)Nc2ncc(F)s2)c(F)cc1NC[C@@H](N)C[Si-](C)(C)C. The molecule has 4 N–H and O–H groups in total. The number of sulfonamides is 1. The molecule has 0 fully saturated rings. The van der Waals surface area contributed by atoms with Crippen LogP contribution < -0.4 is 15.8 Å². The number of hydrogen-bond donors (Lipinski definition) is 3. The van der Waals surface area contributed by atoms with Gasteiger partial charge in [-0.3, -0.25) is 4.72 Å². The van der Waals surface area contributed by atoms with Crippen molar-refractivity contribution >= 4 is 40.3 Å². The average Bonchev–Trinajstić information content (AvgIpc) is 2.90. The lowest BCUT2D eigenvalue weighted by atomic mass is 10.2. The highest BCUT2D eigenvalue weighted by atomic mass is 32.2. The van der Waals surface area contributed by atoms with Crippen LogP contribution >= 0.6 is 11.3 Å². The lowest BCUT2D eigenvalue weighted by Gasteiger charge is -2.31. The molecule has 0 radical (unpaired) electrons. The van der Waals surface area contributed by atoms with Gasteiger partial charge in [-0.1, -0.05) is 11.3 Å². The van der Waals surface area contributed by atoms with E-state index in [-0.39, 0.29) is 11.2 Å². The molecule has 27 heavy (non-hydrogen) atoms. The van der Waals surface area contributed by atoms with Crippen LogP contribution in [-0.4, -0.2) is 34.1 Å². The highest BCUT2D eigenvalue weighted by Crippen LogP contribution is 2.26. The van der Waals surface area contributed by atoms with E-state index < -0.39 is 33.9 Å². The summed E-state index contributed by atoms with van der Waals surface area (Å²) in [4.78, 5) is 3.06. The molecule has 2 aromatic rings. The van der Waals surface area contributed by atoms with Gasteiger partial charge in [0.05, 0.1) is 6.20 Å². The number of thiazole rings is 1. The van der Waals surface area contributed by atoms with Crippen LogP contribution in [0.25, 0.3) is 0 Å². The summed E-state index contributed by atoms with van der Waals surface area (Å²) in [7, 11) is -5.53. The lowest BCUT2D eigenvalue weighted by Crippen LogP contribution is -2.37. The second kappa shape index (κ2) is 8.21. The number of nitrogens with zero attached hydrogens (tertiary/aromatic N) is 1. The predicted molar refractivity (Wildman–Crippen MR) is 109 cm³/mol. The molecule has 0 spiro atoms. The number of nitrogens with one attached hydrogen (secondary N) is 2. The number of halogens is 2. The Morgan fingerprint density at radius 2 is 1.96 bits per heavy atom. The summed E-state index contributed by atoms with van der Waals surface area (Å²) >= 11 is 0.525. The number of aryl methyl sites for hydroxylation is 1. The standard InChI is InChI=1S/C16H24F2N4O2S2Si/c1-10-5-14(26(23,24)22-16-21-8-15(18)25-16)12(17)6-13(10)20-7-11(19)9-27(2,3)4/h5-6,8,11,20H,7,9,19H2,1-4H3,(H,21,22)/q-1/t11-/m1/s1. The van der Waals surface area contributed by atoms with Crippen molar-refractivity contribution in [1.82, 2.24) is 4.98 Å². The molecule has 0 amide bonds. The third kappa shape index (κ3) is 6.23. The molecule has 11 heteroatoms. The zero-order chi connectivity index (χ0) is 20.4. The van der Waals surface area contributed by atoms with E-state index in [1.807, 2.05) is 0 Å². The minimum Gasteiger partial charge on any atom is -0.383 e. The van der Waals surface area contributed by atoms with E-state index in [4.69, 9.17) is 5.73 Å². The Kier molecular flexibility index (Phi) is 6.61. The van der Waals surface area contributed by atoms with Crippen LogP contribution in [0.15, 0.2) is 23.2 Å². The number of aromatic nitrogens is 1. The van der Waals surface area contributed by atoms with Gasteiger partial charge >= 0.3 is 0 Å². The molecule has 1 aromatic carbocycles. The maximum absolute atomic E-state index is 14.5. The van der Waals surface area contributed by atoms with Gasteiger partial charge in [0, 0.05) is 12.2 Å². The second-order valence-corrected chi connectivity index (χ2v) is 15.7. The number of rotatable bonds is 8. The van der Waals surface area contributed by atoms with Crippen LogP contribution in [0, 0.1) is 17.9 Å². The zero-order valence-electron chi connectivity index (χ0n) is 15.6. The van der Waals surface area contributed by atoms with Crippen LogP contribution in [0.1, 0.15) is 5.56 Å². The topological polar surface area (TPSA) is 97.1 Å². The van der Waals surface area contributed by atoms with Gasteiger partial charge in [0.2, 0.25) is 0 Å². The predicted octanol–water partition coefficient (Wildman–Crippen LogP) is 3.61. The quantitative estimate of drug-likeness (QED) is 0.552. The van der Waals surface area contributed by atoms with Gasteiger partial charge in [-0.2, -0.15) is 24.0 Å². The van der Waals surface area contributed by atoms with E-state index in [1.165, 1.54) is 6.07 Å². The van der Waals surface area contributed by atoms with Gasteiger partial charge in [-0.05, 0) is 30.7 Å². The number of benzene rings is 1. The molecule has 0 saturated carbocycles. The third-order valence-corrected chi connectivity index (χ3v) is 7.63. The van der Waals surface area contributed by atoms with Crippen molar-refractivity contribution in [2.24, 2.45) is 5.73 Å². The Balaban J connectivity index is 2.16. The summed E-state index contributed by atoms with van der Waals surface area (Å²) in [6, 6.07) is 3.22. The van der Waals surface area contributed by atoms with Crippen LogP contribution in [0.4, 0.5) is 19.6 Å². The maximum Gasteiger partial charge on any atom is 0.266 e. The monoisotopic (exact) mass is 434 g/mol. The Labute approximate surface area is 163 Å². The van der Waals surface area contributed by atoms with Crippen LogP contribution in [-0.2, 0) is 10.0 Å². The molecule has 151 valence electrons. The van der Waals surface area contributed by atoms with Crippen molar-refractivity contribution in [2.75, 3.05) is 16.6 Å². The third-order valence-electron chi connectivity index (χ3n) is 3.70. The summed E-state index contributed by atoms with van der Waals surface area (Å²) in [6.45, 7) is 8.80. The van der Waals surface area contributed by atoms with Gasteiger partial charge < -0.3 is 11.1 Å². The fourth-order valence-corrected chi connectivity index (χ4v) is 6.27. The fourth-order valence-electron chi connectivity index (χ4n) is 2.62. The van der Waals surface area contributed by atoms with Crippen molar-refractivity contribution < 1.29 is 17.2 Å². The smallest absolute Gasteiger partial charge is 0.266 e. The van der Waals surface area contributed by atoms with E-state index in [1.54, 1.807) is 6.92 Å². The second-order valence-electron chi connectivity index (χ2n) is 7.58. The van der Waals surface area contributed by atoms with Gasteiger partial charge in [-0.15, -0.1) is 14.1 Å². The molecule has 0 saturated heterocycles. The molecule has 0 aliphatic heterocycles. The molecule has 0 aliphatic carbocycles. The molecule has 1 heterocycles. The fraction of sp³-hybridized carbons (Fsp3) is 0.438. The summed E-state index contributed by atoms with van der Waals surface area (Å²) in [5.74, 6) is -0.911. The highest BCUT2D eigenvalue weighted by Gasteiger charge is 2.22. The molecular formula is C16H24F2N4O2S2Si-. The Hall–Kier alpha value is -1.56. The summed E-state index contributed by atoms with van der Waals surface area (Å²) in [6.07, 6.45) is 0.890. The van der Waals surface area contributed by atoms with Crippen molar-refractivity contribution in [3.8, 4) is 0 Å². The highest BCUT2D eigenvalue weighted by molar-refractivity contribution is 7.93. The molecular weight excluding hydrogens is 410 g/mol. The van der Waals surface area contributed by atoms with E-state index in [9.17, 15) is 17.2 Å². The van der Waals surface area contributed by atoms with E-state index in [2.05, 4.69) is 34.7 Å². The van der Waals surface area contributed by atoms with Gasteiger partial charge in [0.1, 0.15) is 10.7 Å². The van der Waals surface area contributed by atoms with E-state index >= 15 is 0 Å². The van der Waals surface area contributed by atoms with Crippen LogP contribution in [0.2, 0.25) is 25.7 Å². The Morgan fingerprint density at radius 1 is 1.30 bits per heavy atom. The summed E-state index contributed by atoms with van der Waals surface area (Å²) in [5, 5.41) is 2.29. The van der Waals surface area contributed by atoms with Gasteiger partial charge in [0.15, 0.2) is 10.3 Å². The first-order valence-electron chi connectivity index (χ1n) is 8.31. The summed E-state index contributed by atoms with van der Waals surface area (Å²) < 4.78 is 54.3. The normalized spacial score (nSPS) is 13.4. The van der Waals surface area contributed by atoms with Crippen LogP contribution in [0.3, 0.4) is 0 Å². The minimum absolute atomic E-state index is 0.0657. The average molecular weight is 435 g/mol. The first-order valence-corrected chi connectivity index (χ1v) is 14.3. The number of anilines is 2. The summed E-state index contributed by atoms with van der Waals surface area (Å²) in [5.41, 5.74) is 7.16. The first-order chi connectivity index (χ1) is 12.4.